The maximum atomic E-state index is 11.4. The molecule has 0 aliphatic heterocycles. The first-order valence-corrected chi connectivity index (χ1v) is 7.42. The minimum atomic E-state index is 0.0117. The van der Waals surface area contributed by atoms with Crippen molar-refractivity contribution in [1.82, 2.24) is 10.6 Å². The van der Waals surface area contributed by atoms with Gasteiger partial charge < -0.3 is 16.4 Å². The molecule has 4 N–H and O–H groups in total. The van der Waals surface area contributed by atoms with Crippen molar-refractivity contribution < 1.29 is 4.79 Å². The molecule has 0 aliphatic rings. The molecule has 19 heavy (non-hydrogen) atoms. The number of carbonyl (C=O) groups excluding carboxylic acids is 1. The van der Waals surface area contributed by atoms with Crippen LogP contribution in [0.3, 0.4) is 0 Å². The van der Waals surface area contributed by atoms with Crippen molar-refractivity contribution in [2.24, 2.45) is 11.7 Å². The number of nitrogens with one attached hydrogen (secondary N) is 2. The van der Waals surface area contributed by atoms with Crippen LogP contribution >= 0.6 is 0 Å². The normalized spacial score (nSPS) is 13.1. The Bertz CT molecular complexity index is 252. The van der Waals surface area contributed by atoms with E-state index in [9.17, 15) is 4.79 Å². The monoisotopic (exact) mass is 269 g/mol. The number of hydrogen-bond donors (Lipinski definition) is 3. The molecule has 0 fully saturated rings. The van der Waals surface area contributed by atoms with Gasteiger partial charge in [-0.3, -0.25) is 4.79 Å². The van der Waals surface area contributed by atoms with E-state index < -0.39 is 0 Å². The third kappa shape index (κ3) is 11.9. The van der Waals surface area contributed by atoms with Crippen molar-refractivity contribution in [2.45, 2.75) is 52.0 Å². The molecule has 112 valence electrons. The molecule has 1 atom stereocenters. The highest BCUT2D eigenvalue weighted by Gasteiger charge is 2.06. The van der Waals surface area contributed by atoms with E-state index in [4.69, 9.17) is 5.73 Å². The van der Waals surface area contributed by atoms with E-state index in [1.165, 1.54) is 0 Å². The van der Waals surface area contributed by atoms with Crippen LogP contribution in [0.1, 0.15) is 46.0 Å². The fourth-order valence-corrected chi connectivity index (χ4v) is 1.70. The molecule has 0 aliphatic carbocycles. The summed E-state index contributed by atoms with van der Waals surface area (Å²) in [4.78, 5) is 11.4. The summed E-state index contributed by atoms with van der Waals surface area (Å²) in [5.74, 6) is 0.549. The molecular formula is C15H31N3O. The standard InChI is InChI=1S/C15H31N3O/c1-13(2)14(16)9-6-8-12-18-15(19)10-5-4-7-11-17-3/h5,10,13-14,17H,4,6-9,11-12,16H2,1-3H3,(H,18,19)/b10-5+. The first kappa shape index (κ1) is 18.1. The van der Waals surface area contributed by atoms with Gasteiger partial charge in [-0.25, -0.2) is 0 Å². The summed E-state index contributed by atoms with van der Waals surface area (Å²) in [5, 5.41) is 5.97. The number of hydrogen-bond acceptors (Lipinski definition) is 3. The molecule has 0 radical (unpaired) electrons. The van der Waals surface area contributed by atoms with E-state index in [1.54, 1.807) is 6.08 Å². The molecule has 0 bridgehead atoms. The fourth-order valence-electron chi connectivity index (χ4n) is 1.70. The highest BCUT2D eigenvalue weighted by molar-refractivity contribution is 5.87. The number of rotatable bonds is 11. The molecule has 0 saturated heterocycles. The Balaban J connectivity index is 3.43. The van der Waals surface area contributed by atoms with Gasteiger partial charge in [0.05, 0.1) is 0 Å². The van der Waals surface area contributed by atoms with Gasteiger partial charge in [-0.2, -0.15) is 0 Å². The molecule has 0 aromatic rings. The molecule has 0 heterocycles. The summed E-state index contributed by atoms with van der Waals surface area (Å²) < 4.78 is 0. The lowest BCUT2D eigenvalue weighted by atomic mass is 9.99. The zero-order valence-electron chi connectivity index (χ0n) is 12.7. The molecule has 0 saturated carbocycles. The zero-order valence-corrected chi connectivity index (χ0v) is 12.7. The summed E-state index contributed by atoms with van der Waals surface area (Å²) in [7, 11) is 1.93. The maximum absolute atomic E-state index is 11.4. The average Bonchev–Trinajstić information content (AvgIpc) is 2.37. The van der Waals surface area contributed by atoms with E-state index in [0.717, 1.165) is 45.2 Å². The molecular weight excluding hydrogens is 238 g/mol. The van der Waals surface area contributed by atoms with Crippen LogP contribution in [0.4, 0.5) is 0 Å². The Morgan fingerprint density at radius 1 is 1.21 bits per heavy atom. The number of nitrogens with two attached hydrogens (primary N) is 1. The molecule has 4 heteroatoms. The van der Waals surface area contributed by atoms with E-state index in [2.05, 4.69) is 24.5 Å². The average molecular weight is 269 g/mol. The van der Waals surface area contributed by atoms with Crippen LogP contribution in [0.15, 0.2) is 12.2 Å². The van der Waals surface area contributed by atoms with Gasteiger partial charge in [0.1, 0.15) is 0 Å². The van der Waals surface area contributed by atoms with Gasteiger partial charge in [0.2, 0.25) is 5.91 Å². The Labute approximate surface area is 118 Å². The summed E-state index contributed by atoms with van der Waals surface area (Å²) in [6.45, 7) is 6.02. The topological polar surface area (TPSA) is 67.2 Å². The lowest BCUT2D eigenvalue weighted by Gasteiger charge is -2.14. The number of allylic oxidation sites excluding steroid dienone is 1. The fraction of sp³-hybridized carbons (Fsp3) is 0.800. The van der Waals surface area contributed by atoms with Crippen LogP contribution in [-0.2, 0) is 4.79 Å². The number of unbranched alkanes of at least 4 members (excludes halogenated alkanes) is 2. The van der Waals surface area contributed by atoms with Gasteiger partial charge >= 0.3 is 0 Å². The molecule has 1 amide bonds. The molecule has 0 spiro atoms. The van der Waals surface area contributed by atoms with Crippen LogP contribution in [0.2, 0.25) is 0 Å². The first-order valence-electron chi connectivity index (χ1n) is 7.42. The van der Waals surface area contributed by atoms with Crippen LogP contribution < -0.4 is 16.4 Å². The third-order valence-electron chi connectivity index (χ3n) is 3.19. The highest BCUT2D eigenvalue weighted by Crippen LogP contribution is 2.06. The number of amides is 1. The molecule has 0 aromatic carbocycles. The van der Waals surface area contributed by atoms with E-state index >= 15 is 0 Å². The number of carbonyl (C=O) groups is 1. The van der Waals surface area contributed by atoms with Crippen molar-refractivity contribution >= 4 is 5.91 Å². The summed E-state index contributed by atoms with van der Waals surface area (Å²) >= 11 is 0. The quantitative estimate of drug-likeness (QED) is 0.396. The minimum absolute atomic E-state index is 0.0117. The molecule has 0 aromatic heterocycles. The zero-order chi connectivity index (χ0) is 14.5. The van der Waals surface area contributed by atoms with Crippen molar-refractivity contribution in [3.05, 3.63) is 12.2 Å². The predicted molar refractivity (Wildman–Crippen MR) is 82.0 cm³/mol. The van der Waals surface area contributed by atoms with Crippen molar-refractivity contribution in [2.75, 3.05) is 20.1 Å². The molecule has 1 unspecified atom stereocenters. The minimum Gasteiger partial charge on any atom is -0.353 e. The van der Waals surface area contributed by atoms with Crippen molar-refractivity contribution in [3.63, 3.8) is 0 Å². The van der Waals surface area contributed by atoms with Crippen molar-refractivity contribution in [3.8, 4) is 0 Å². The van der Waals surface area contributed by atoms with Gasteiger partial charge in [-0.15, -0.1) is 0 Å². The Morgan fingerprint density at radius 2 is 1.95 bits per heavy atom. The SMILES string of the molecule is CNCCC/C=C/C(=O)NCCCCC(N)C(C)C. The van der Waals surface area contributed by atoms with Crippen LogP contribution in [0, 0.1) is 5.92 Å². The van der Waals surface area contributed by atoms with Gasteiger partial charge in [0.25, 0.3) is 0 Å². The van der Waals surface area contributed by atoms with E-state index in [0.29, 0.717) is 5.92 Å². The van der Waals surface area contributed by atoms with Crippen molar-refractivity contribution in [1.29, 1.82) is 0 Å². The second-order valence-corrected chi connectivity index (χ2v) is 5.34. The van der Waals surface area contributed by atoms with Gasteiger partial charge in [-0.05, 0) is 51.3 Å². The lowest BCUT2D eigenvalue weighted by Crippen LogP contribution is -2.27. The van der Waals surface area contributed by atoms with Crippen LogP contribution in [0.5, 0.6) is 0 Å². The van der Waals surface area contributed by atoms with Crippen LogP contribution in [-0.4, -0.2) is 32.1 Å². The first-order chi connectivity index (χ1) is 9.07. The Kier molecular flexibility index (Phi) is 11.6. The molecule has 0 rings (SSSR count). The summed E-state index contributed by atoms with van der Waals surface area (Å²) in [5.41, 5.74) is 5.96. The van der Waals surface area contributed by atoms with E-state index in [-0.39, 0.29) is 11.9 Å². The third-order valence-corrected chi connectivity index (χ3v) is 3.19. The Morgan fingerprint density at radius 3 is 2.58 bits per heavy atom. The second kappa shape index (κ2) is 12.2. The second-order valence-electron chi connectivity index (χ2n) is 5.34. The molecule has 4 nitrogen and oxygen atoms in total. The highest BCUT2D eigenvalue weighted by atomic mass is 16.1. The largest absolute Gasteiger partial charge is 0.353 e. The van der Waals surface area contributed by atoms with Crippen LogP contribution in [0.25, 0.3) is 0 Å². The van der Waals surface area contributed by atoms with Gasteiger partial charge in [-0.1, -0.05) is 26.3 Å². The maximum Gasteiger partial charge on any atom is 0.243 e. The van der Waals surface area contributed by atoms with Gasteiger partial charge in [0.15, 0.2) is 0 Å². The predicted octanol–water partition coefficient (Wildman–Crippen LogP) is 1.81. The van der Waals surface area contributed by atoms with E-state index in [1.807, 2.05) is 13.1 Å². The van der Waals surface area contributed by atoms with Gasteiger partial charge in [0, 0.05) is 12.6 Å². The smallest absolute Gasteiger partial charge is 0.243 e. The summed E-state index contributed by atoms with van der Waals surface area (Å²) in [6.07, 6.45) is 8.68. The Hall–Kier alpha value is -0.870. The summed E-state index contributed by atoms with van der Waals surface area (Å²) in [6, 6.07) is 0.280. The lowest BCUT2D eigenvalue weighted by molar-refractivity contribution is -0.116.